The maximum atomic E-state index is 5.84. The average molecular weight is 285 g/mol. The Hall–Kier alpha value is -2.30. The fourth-order valence-electron chi connectivity index (χ4n) is 2.17. The van der Waals surface area contributed by atoms with Gasteiger partial charge < -0.3 is 16.0 Å². The molecule has 0 unspecified atom stereocenters. The standard InChI is InChI=1S/C16H23N5/c1-4-10-21(5-2)15-11-14(19-16(17)20-15)18-13-8-6-12(3)7-9-13/h6-9,11H,4-5,10H2,1-3H3,(H3,17,18,19,20). The van der Waals surface area contributed by atoms with E-state index in [0.717, 1.165) is 36.8 Å². The Labute approximate surface area is 126 Å². The first-order valence-electron chi connectivity index (χ1n) is 7.35. The third kappa shape index (κ3) is 4.08. The van der Waals surface area contributed by atoms with Crippen molar-refractivity contribution < 1.29 is 0 Å². The van der Waals surface area contributed by atoms with E-state index in [-0.39, 0.29) is 5.95 Å². The monoisotopic (exact) mass is 285 g/mol. The van der Waals surface area contributed by atoms with Crippen LogP contribution >= 0.6 is 0 Å². The number of nitrogens with two attached hydrogens (primary N) is 1. The molecule has 0 aliphatic carbocycles. The van der Waals surface area contributed by atoms with Crippen molar-refractivity contribution in [2.24, 2.45) is 0 Å². The lowest BCUT2D eigenvalue weighted by molar-refractivity contribution is 0.778. The molecule has 2 rings (SSSR count). The molecule has 0 spiro atoms. The smallest absolute Gasteiger partial charge is 0.223 e. The molecule has 1 aromatic carbocycles. The number of aromatic nitrogens is 2. The van der Waals surface area contributed by atoms with Crippen LogP contribution in [0.1, 0.15) is 25.8 Å². The Balaban J connectivity index is 2.23. The highest BCUT2D eigenvalue weighted by Gasteiger charge is 2.08. The first kappa shape index (κ1) is 15.1. The van der Waals surface area contributed by atoms with Crippen molar-refractivity contribution in [1.82, 2.24) is 9.97 Å². The molecule has 0 aliphatic rings. The van der Waals surface area contributed by atoms with Crippen LogP contribution in [0.4, 0.5) is 23.3 Å². The zero-order valence-electron chi connectivity index (χ0n) is 12.9. The lowest BCUT2D eigenvalue weighted by atomic mass is 10.2. The maximum absolute atomic E-state index is 5.84. The molecule has 0 amide bonds. The van der Waals surface area contributed by atoms with Gasteiger partial charge in [-0.05, 0) is 32.4 Å². The zero-order chi connectivity index (χ0) is 15.2. The Kier molecular flexibility index (Phi) is 4.98. The number of aryl methyl sites for hydroxylation is 1. The number of nitrogens with one attached hydrogen (secondary N) is 1. The first-order valence-corrected chi connectivity index (χ1v) is 7.35. The van der Waals surface area contributed by atoms with Crippen LogP contribution in [0.15, 0.2) is 30.3 Å². The van der Waals surface area contributed by atoms with Crippen LogP contribution in [0.5, 0.6) is 0 Å². The van der Waals surface area contributed by atoms with Crippen molar-refractivity contribution in [3.8, 4) is 0 Å². The molecular formula is C16H23N5. The molecule has 1 aromatic heterocycles. The maximum Gasteiger partial charge on any atom is 0.223 e. The number of hydrogen-bond donors (Lipinski definition) is 2. The van der Waals surface area contributed by atoms with Crippen LogP contribution in [0.2, 0.25) is 0 Å². The highest BCUT2D eigenvalue weighted by Crippen LogP contribution is 2.21. The molecule has 21 heavy (non-hydrogen) atoms. The van der Waals surface area contributed by atoms with Crippen molar-refractivity contribution in [3.63, 3.8) is 0 Å². The second kappa shape index (κ2) is 6.92. The third-order valence-electron chi connectivity index (χ3n) is 3.25. The van der Waals surface area contributed by atoms with Crippen molar-refractivity contribution in [2.75, 3.05) is 29.0 Å². The lowest BCUT2D eigenvalue weighted by Crippen LogP contribution is -2.25. The molecule has 0 fully saturated rings. The van der Waals surface area contributed by atoms with Gasteiger partial charge >= 0.3 is 0 Å². The van der Waals surface area contributed by atoms with Crippen LogP contribution in [-0.2, 0) is 0 Å². The summed E-state index contributed by atoms with van der Waals surface area (Å²) in [6.45, 7) is 8.18. The summed E-state index contributed by atoms with van der Waals surface area (Å²) < 4.78 is 0. The minimum Gasteiger partial charge on any atom is -0.368 e. The number of nitrogens with zero attached hydrogens (tertiary/aromatic N) is 3. The minimum absolute atomic E-state index is 0.289. The number of nitrogen functional groups attached to an aromatic ring is 1. The van der Waals surface area contributed by atoms with Crippen LogP contribution in [0, 0.1) is 6.92 Å². The van der Waals surface area contributed by atoms with E-state index >= 15 is 0 Å². The summed E-state index contributed by atoms with van der Waals surface area (Å²) in [5, 5.41) is 3.28. The molecule has 5 heteroatoms. The van der Waals surface area contributed by atoms with Gasteiger partial charge in [-0.25, -0.2) is 0 Å². The van der Waals surface area contributed by atoms with Gasteiger partial charge in [0.15, 0.2) is 0 Å². The summed E-state index contributed by atoms with van der Waals surface area (Å²) in [4.78, 5) is 10.8. The van der Waals surface area contributed by atoms with Crippen LogP contribution in [0.25, 0.3) is 0 Å². The normalized spacial score (nSPS) is 10.4. The van der Waals surface area contributed by atoms with Crippen molar-refractivity contribution in [2.45, 2.75) is 27.2 Å². The predicted molar refractivity (Wildman–Crippen MR) is 89.1 cm³/mol. The molecule has 0 bridgehead atoms. The predicted octanol–water partition coefficient (Wildman–Crippen LogP) is 3.35. The van der Waals surface area contributed by atoms with Gasteiger partial charge in [0.25, 0.3) is 0 Å². The van der Waals surface area contributed by atoms with Gasteiger partial charge in [0.1, 0.15) is 11.6 Å². The summed E-state index contributed by atoms with van der Waals surface area (Å²) >= 11 is 0. The molecule has 0 saturated heterocycles. The molecule has 2 aromatic rings. The third-order valence-corrected chi connectivity index (χ3v) is 3.25. The highest BCUT2D eigenvalue weighted by atomic mass is 15.2. The average Bonchev–Trinajstić information content (AvgIpc) is 2.46. The van der Waals surface area contributed by atoms with E-state index in [1.165, 1.54) is 5.56 Å². The number of benzene rings is 1. The number of anilines is 4. The van der Waals surface area contributed by atoms with Gasteiger partial charge in [0.05, 0.1) is 0 Å². The largest absolute Gasteiger partial charge is 0.368 e. The van der Waals surface area contributed by atoms with E-state index < -0.39 is 0 Å². The second-order valence-corrected chi connectivity index (χ2v) is 5.04. The van der Waals surface area contributed by atoms with E-state index in [4.69, 9.17) is 5.73 Å². The van der Waals surface area contributed by atoms with E-state index in [0.29, 0.717) is 0 Å². The van der Waals surface area contributed by atoms with Gasteiger partial charge in [0.2, 0.25) is 5.95 Å². The zero-order valence-corrected chi connectivity index (χ0v) is 12.9. The quantitative estimate of drug-likeness (QED) is 0.852. The summed E-state index contributed by atoms with van der Waals surface area (Å²) in [6, 6.07) is 10.1. The Morgan fingerprint density at radius 2 is 1.86 bits per heavy atom. The van der Waals surface area contributed by atoms with Gasteiger partial charge in [-0.15, -0.1) is 0 Å². The van der Waals surface area contributed by atoms with Crippen molar-refractivity contribution in [3.05, 3.63) is 35.9 Å². The minimum atomic E-state index is 0.289. The van der Waals surface area contributed by atoms with Gasteiger partial charge in [-0.1, -0.05) is 24.6 Å². The lowest BCUT2D eigenvalue weighted by Gasteiger charge is -2.21. The SMILES string of the molecule is CCCN(CC)c1cc(Nc2ccc(C)cc2)nc(N)n1. The van der Waals surface area contributed by atoms with Crippen LogP contribution in [-0.4, -0.2) is 23.1 Å². The Morgan fingerprint density at radius 1 is 1.14 bits per heavy atom. The van der Waals surface area contributed by atoms with Gasteiger partial charge in [-0.3, -0.25) is 0 Å². The summed E-state index contributed by atoms with van der Waals surface area (Å²) in [6.07, 6.45) is 1.07. The fraction of sp³-hybridized carbons (Fsp3) is 0.375. The molecule has 112 valence electrons. The van der Waals surface area contributed by atoms with E-state index in [9.17, 15) is 0 Å². The van der Waals surface area contributed by atoms with Gasteiger partial charge in [-0.2, -0.15) is 9.97 Å². The highest BCUT2D eigenvalue weighted by molar-refractivity contribution is 5.61. The Morgan fingerprint density at radius 3 is 2.48 bits per heavy atom. The molecule has 5 nitrogen and oxygen atoms in total. The molecule has 0 aliphatic heterocycles. The molecule has 0 saturated carbocycles. The molecule has 0 atom stereocenters. The van der Waals surface area contributed by atoms with E-state index in [1.807, 2.05) is 18.2 Å². The van der Waals surface area contributed by atoms with Gasteiger partial charge in [0, 0.05) is 24.8 Å². The molecular weight excluding hydrogens is 262 g/mol. The summed E-state index contributed by atoms with van der Waals surface area (Å²) in [7, 11) is 0. The summed E-state index contributed by atoms with van der Waals surface area (Å²) in [5.74, 6) is 1.87. The topological polar surface area (TPSA) is 67.1 Å². The van der Waals surface area contributed by atoms with Crippen molar-refractivity contribution in [1.29, 1.82) is 0 Å². The molecule has 3 N–H and O–H groups in total. The second-order valence-electron chi connectivity index (χ2n) is 5.04. The van der Waals surface area contributed by atoms with Crippen molar-refractivity contribution >= 4 is 23.3 Å². The number of hydrogen-bond acceptors (Lipinski definition) is 5. The fourth-order valence-corrected chi connectivity index (χ4v) is 2.17. The summed E-state index contributed by atoms with van der Waals surface area (Å²) in [5.41, 5.74) is 8.05. The van der Waals surface area contributed by atoms with E-state index in [1.54, 1.807) is 0 Å². The van der Waals surface area contributed by atoms with Crippen LogP contribution < -0.4 is 16.0 Å². The van der Waals surface area contributed by atoms with E-state index in [2.05, 4.69) is 53.1 Å². The first-order chi connectivity index (χ1) is 10.1. The van der Waals surface area contributed by atoms with Crippen LogP contribution in [0.3, 0.4) is 0 Å². The molecule has 0 radical (unpaired) electrons. The molecule has 1 heterocycles. The number of rotatable bonds is 6. The Bertz CT molecular complexity index is 580.